The molecule has 0 amide bonds. The van der Waals surface area contributed by atoms with Gasteiger partial charge in [0.15, 0.2) is 0 Å². The second-order valence-electron chi connectivity index (χ2n) is 5.00. The van der Waals surface area contributed by atoms with Gasteiger partial charge in [-0.2, -0.15) is 0 Å². The van der Waals surface area contributed by atoms with Crippen molar-refractivity contribution < 1.29 is 25.2 Å². The zero-order valence-corrected chi connectivity index (χ0v) is 9.83. The van der Waals surface area contributed by atoms with E-state index >= 15 is 0 Å². The molecule has 2 fully saturated rings. The fraction of sp³-hybridized carbons (Fsp3) is 1.00. The maximum atomic E-state index is 10.2. The summed E-state index contributed by atoms with van der Waals surface area (Å²) in [5.41, 5.74) is 0. The molecule has 6 nitrogen and oxygen atoms in total. The van der Waals surface area contributed by atoms with E-state index in [1.54, 1.807) is 0 Å². The van der Waals surface area contributed by atoms with Gasteiger partial charge in [-0.25, -0.2) is 0 Å². The maximum absolute atomic E-state index is 10.2. The molecule has 0 aliphatic carbocycles. The molecule has 4 N–H and O–H groups in total. The SMILES string of the molecule is OC1COC(O)(CN2CCCCC2)C(O)C1O. The first-order valence-electron chi connectivity index (χ1n) is 6.16. The summed E-state index contributed by atoms with van der Waals surface area (Å²) in [6.45, 7) is 1.72. The molecule has 2 heterocycles. The number of piperidine rings is 1. The molecule has 0 bridgehead atoms. The molecule has 0 spiro atoms. The number of rotatable bonds is 2. The van der Waals surface area contributed by atoms with E-state index in [0.717, 1.165) is 25.9 Å². The molecule has 4 atom stereocenters. The van der Waals surface area contributed by atoms with Gasteiger partial charge in [-0.15, -0.1) is 0 Å². The number of hydrogen-bond acceptors (Lipinski definition) is 6. The third kappa shape index (κ3) is 2.78. The monoisotopic (exact) mass is 247 g/mol. The van der Waals surface area contributed by atoms with Crippen LogP contribution < -0.4 is 0 Å². The molecular formula is C11H21NO5. The molecule has 2 saturated heterocycles. The topological polar surface area (TPSA) is 93.4 Å². The summed E-state index contributed by atoms with van der Waals surface area (Å²) < 4.78 is 5.12. The summed E-state index contributed by atoms with van der Waals surface area (Å²) >= 11 is 0. The molecule has 0 aromatic rings. The second kappa shape index (κ2) is 5.17. The molecule has 4 unspecified atom stereocenters. The normalized spacial score (nSPS) is 44.8. The molecule has 100 valence electrons. The predicted octanol–water partition coefficient (Wildman–Crippen LogP) is -1.73. The number of β-amino-alcohol motifs (C(OH)–C–C–N with tert-alkyl or cyclic N) is 1. The van der Waals surface area contributed by atoms with Gasteiger partial charge in [0.05, 0.1) is 13.2 Å². The number of hydrogen-bond donors (Lipinski definition) is 4. The lowest BCUT2D eigenvalue weighted by Gasteiger charge is -2.44. The summed E-state index contributed by atoms with van der Waals surface area (Å²) in [5.74, 6) is -1.78. The van der Waals surface area contributed by atoms with E-state index in [9.17, 15) is 20.4 Å². The zero-order chi connectivity index (χ0) is 12.5. The van der Waals surface area contributed by atoms with Gasteiger partial charge in [-0.3, -0.25) is 4.90 Å². The molecule has 0 radical (unpaired) electrons. The van der Waals surface area contributed by atoms with E-state index in [2.05, 4.69) is 0 Å². The standard InChI is InChI=1S/C11H21NO5/c13-8-6-17-11(16,10(15)9(8)14)7-12-4-2-1-3-5-12/h8-10,13-16H,1-7H2. The Morgan fingerprint density at radius 3 is 2.41 bits per heavy atom. The van der Waals surface area contributed by atoms with Crippen molar-refractivity contribution in [2.45, 2.75) is 43.4 Å². The highest BCUT2D eigenvalue weighted by atomic mass is 16.6. The van der Waals surface area contributed by atoms with Crippen molar-refractivity contribution in [1.82, 2.24) is 4.90 Å². The van der Waals surface area contributed by atoms with Crippen LogP contribution in [0.1, 0.15) is 19.3 Å². The van der Waals surface area contributed by atoms with Gasteiger partial charge >= 0.3 is 0 Å². The molecule has 0 aromatic heterocycles. The van der Waals surface area contributed by atoms with Crippen molar-refractivity contribution in [2.75, 3.05) is 26.2 Å². The smallest absolute Gasteiger partial charge is 0.207 e. The van der Waals surface area contributed by atoms with E-state index in [-0.39, 0.29) is 13.2 Å². The third-order valence-electron chi connectivity index (χ3n) is 3.58. The first kappa shape index (κ1) is 13.2. The Morgan fingerprint density at radius 2 is 1.76 bits per heavy atom. The summed E-state index contributed by atoms with van der Waals surface area (Å²) in [7, 11) is 0. The summed E-state index contributed by atoms with van der Waals surface area (Å²) in [6, 6.07) is 0. The lowest BCUT2D eigenvalue weighted by atomic mass is 9.96. The largest absolute Gasteiger partial charge is 0.388 e. The van der Waals surface area contributed by atoms with E-state index in [4.69, 9.17) is 4.74 Å². The average molecular weight is 247 g/mol. The van der Waals surface area contributed by atoms with Crippen LogP contribution in [0.4, 0.5) is 0 Å². The molecule has 0 aromatic carbocycles. The van der Waals surface area contributed by atoms with Crippen LogP contribution in [0.25, 0.3) is 0 Å². The van der Waals surface area contributed by atoms with Gasteiger partial charge < -0.3 is 25.2 Å². The van der Waals surface area contributed by atoms with Gasteiger partial charge in [0, 0.05) is 0 Å². The Morgan fingerprint density at radius 1 is 1.12 bits per heavy atom. The minimum absolute atomic E-state index is 0.164. The quantitative estimate of drug-likeness (QED) is 0.463. The number of likely N-dealkylation sites (tertiary alicyclic amines) is 1. The van der Waals surface area contributed by atoms with Gasteiger partial charge in [0.25, 0.3) is 0 Å². The number of aliphatic hydroxyl groups is 4. The van der Waals surface area contributed by atoms with Crippen molar-refractivity contribution in [1.29, 1.82) is 0 Å². The van der Waals surface area contributed by atoms with Crippen LogP contribution in [0.5, 0.6) is 0 Å². The van der Waals surface area contributed by atoms with Gasteiger partial charge in [0.1, 0.15) is 18.3 Å². The number of nitrogens with zero attached hydrogens (tertiary/aromatic N) is 1. The Labute approximate surface area is 100 Å². The summed E-state index contributed by atoms with van der Waals surface area (Å²) in [5, 5.41) is 38.9. The first-order valence-corrected chi connectivity index (χ1v) is 6.16. The average Bonchev–Trinajstić information content (AvgIpc) is 2.34. The molecule has 6 heteroatoms. The van der Waals surface area contributed by atoms with E-state index in [1.165, 1.54) is 6.42 Å². The van der Waals surface area contributed by atoms with Gasteiger partial charge in [-0.05, 0) is 25.9 Å². The minimum atomic E-state index is -1.78. The molecule has 2 aliphatic heterocycles. The number of aliphatic hydroxyl groups excluding tert-OH is 3. The van der Waals surface area contributed by atoms with Crippen LogP contribution in [0.2, 0.25) is 0 Å². The maximum Gasteiger partial charge on any atom is 0.207 e. The van der Waals surface area contributed by atoms with Crippen molar-refractivity contribution in [2.24, 2.45) is 0 Å². The third-order valence-corrected chi connectivity index (χ3v) is 3.58. The number of ether oxygens (including phenoxy) is 1. The Kier molecular flexibility index (Phi) is 4.02. The Balaban J connectivity index is 1.97. The van der Waals surface area contributed by atoms with Gasteiger partial charge in [0.2, 0.25) is 5.79 Å². The fourth-order valence-electron chi connectivity index (χ4n) is 2.47. The first-order chi connectivity index (χ1) is 8.03. The molecule has 0 saturated carbocycles. The van der Waals surface area contributed by atoms with Gasteiger partial charge in [-0.1, -0.05) is 6.42 Å². The Hall–Kier alpha value is -0.240. The minimum Gasteiger partial charge on any atom is -0.388 e. The molecule has 2 rings (SSSR count). The van der Waals surface area contributed by atoms with E-state index < -0.39 is 24.1 Å². The van der Waals surface area contributed by atoms with Crippen LogP contribution in [0.15, 0.2) is 0 Å². The van der Waals surface area contributed by atoms with Crippen LogP contribution in [-0.4, -0.2) is 75.7 Å². The predicted molar refractivity (Wildman–Crippen MR) is 59.2 cm³/mol. The van der Waals surface area contributed by atoms with Crippen molar-refractivity contribution in [3.8, 4) is 0 Å². The van der Waals surface area contributed by atoms with Crippen molar-refractivity contribution in [3.63, 3.8) is 0 Å². The second-order valence-corrected chi connectivity index (χ2v) is 5.00. The highest BCUT2D eigenvalue weighted by molar-refractivity contribution is 4.93. The molecule has 17 heavy (non-hydrogen) atoms. The van der Waals surface area contributed by atoms with Crippen molar-refractivity contribution >= 4 is 0 Å². The van der Waals surface area contributed by atoms with Crippen LogP contribution in [-0.2, 0) is 4.74 Å². The zero-order valence-electron chi connectivity index (χ0n) is 9.83. The summed E-state index contributed by atoms with van der Waals surface area (Å²) in [4.78, 5) is 2.01. The van der Waals surface area contributed by atoms with Crippen LogP contribution in [0, 0.1) is 0 Å². The van der Waals surface area contributed by atoms with E-state index in [0.29, 0.717) is 0 Å². The molecular weight excluding hydrogens is 226 g/mol. The highest BCUT2D eigenvalue weighted by Gasteiger charge is 2.49. The lowest BCUT2D eigenvalue weighted by Crippen LogP contribution is -2.65. The molecule has 2 aliphatic rings. The van der Waals surface area contributed by atoms with Crippen LogP contribution in [0.3, 0.4) is 0 Å². The van der Waals surface area contributed by atoms with E-state index in [1.807, 2.05) is 4.90 Å². The lowest BCUT2D eigenvalue weighted by molar-refractivity contribution is -0.325. The van der Waals surface area contributed by atoms with Crippen molar-refractivity contribution in [3.05, 3.63) is 0 Å². The Bertz CT molecular complexity index is 258. The summed E-state index contributed by atoms with van der Waals surface area (Å²) in [6.07, 6.45) is -0.674. The highest BCUT2D eigenvalue weighted by Crippen LogP contribution is 2.26. The fourth-order valence-corrected chi connectivity index (χ4v) is 2.47. The van der Waals surface area contributed by atoms with Crippen LogP contribution >= 0.6 is 0 Å².